The Kier molecular flexibility index (Phi) is 10.9. The summed E-state index contributed by atoms with van der Waals surface area (Å²) in [5, 5.41) is 60.0. The second kappa shape index (κ2) is 14.8. The first-order chi connectivity index (χ1) is 23.3. The SMILES string of the molecule is Cc1cccc2c1C(=O)c1c(O)c3c(c(O)c1C2=O)CC(O)(C(CO)=NCC(=O)CCCCCN=[N+]=[N-])CC3OC1CC(C)C(O)C(N)C1. The first kappa shape index (κ1) is 36.1. The zero-order chi connectivity index (χ0) is 35.6. The van der Waals surface area contributed by atoms with Gasteiger partial charge in [0.15, 0.2) is 17.3 Å². The molecule has 14 heteroatoms. The van der Waals surface area contributed by atoms with E-state index >= 15 is 0 Å². The van der Waals surface area contributed by atoms with E-state index < -0.39 is 71.6 Å². The molecule has 3 aliphatic carbocycles. The lowest BCUT2D eigenvalue weighted by molar-refractivity contribution is -0.117. The van der Waals surface area contributed by atoms with Crippen molar-refractivity contribution in [3.63, 3.8) is 0 Å². The minimum absolute atomic E-state index is 0.0283. The Morgan fingerprint density at radius 2 is 1.84 bits per heavy atom. The van der Waals surface area contributed by atoms with Crippen LogP contribution in [0, 0.1) is 12.8 Å². The number of phenols is 2. The maximum atomic E-state index is 13.9. The normalized spacial score (nSPS) is 26.4. The summed E-state index contributed by atoms with van der Waals surface area (Å²) in [5.74, 6) is -2.93. The molecule has 1 fully saturated rings. The highest BCUT2D eigenvalue weighted by atomic mass is 16.5. The lowest BCUT2D eigenvalue weighted by Gasteiger charge is -2.43. The molecule has 0 aliphatic heterocycles. The van der Waals surface area contributed by atoms with Crippen LogP contribution in [0.5, 0.6) is 11.5 Å². The molecule has 0 radical (unpaired) electrons. The zero-order valence-corrected chi connectivity index (χ0v) is 27.6. The number of hydrogen-bond acceptors (Lipinski definition) is 12. The van der Waals surface area contributed by atoms with Crippen molar-refractivity contribution in [2.75, 3.05) is 19.7 Å². The summed E-state index contributed by atoms with van der Waals surface area (Å²) in [5.41, 5.74) is 12.4. The monoisotopic (exact) mass is 677 g/mol. The Morgan fingerprint density at radius 1 is 1.10 bits per heavy atom. The number of carbonyl (C=O) groups is 3. The molecule has 3 aliphatic rings. The molecule has 0 saturated heterocycles. The molecule has 6 atom stereocenters. The summed E-state index contributed by atoms with van der Waals surface area (Å²) >= 11 is 0. The van der Waals surface area contributed by atoms with Gasteiger partial charge < -0.3 is 36.0 Å². The van der Waals surface area contributed by atoms with Crippen molar-refractivity contribution in [2.45, 2.75) is 95.2 Å². The van der Waals surface area contributed by atoms with Gasteiger partial charge in [-0.2, -0.15) is 0 Å². The number of carbonyl (C=O) groups excluding carboxylic acids is 3. The van der Waals surface area contributed by atoms with E-state index in [9.17, 15) is 39.9 Å². The smallest absolute Gasteiger partial charge is 0.198 e. The van der Waals surface area contributed by atoms with Gasteiger partial charge in [-0.3, -0.25) is 19.4 Å². The number of fused-ring (bicyclic) bond motifs is 3. The summed E-state index contributed by atoms with van der Waals surface area (Å²) < 4.78 is 6.49. The average Bonchev–Trinajstić information content (AvgIpc) is 3.05. The first-order valence-corrected chi connectivity index (χ1v) is 16.6. The number of azide groups is 1. The first-order valence-electron chi connectivity index (χ1n) is 16.6. The number of ether oxygens (including phenoxy) is 1. The second-order valence-corrected chi connectivity index (χ2v) is 13.5. The molecule has 5 rings (SSSR count). The number of unbranched alkanes of at least 4 members (excludes halogenated alkanes) is 2. The van der Waals surface area contributed by atoms with E-state index in [0.29, 0.717) is 37.8 Å². The van der Waals surface area contributed by atoms with Crippen molar-refractivity contribution in [3.8, 4) is 11.5 Å². The van der Waals surface area contributed by atoms with Gasteiger partial charge >= 0.3 is 0 Å². The van der Waals surface area contributed by atoms with Gasteiger partial charge in [-0.25, -0.2) is 0 Å². The summed E-state index contributed by atoms with van der Waals surface area (Å²) in [4.78, 5) is 47.3. The number of phenolic OH excluding ortho intramolecular Hbond substituents is 2. The number of aryl methyl sites for hydroxylation is 1. The quantitative estimate of drug-likeness (QED) is 0.0407. The van der Waals surface area contributed by atoms with Crippen molar-refractivity contribution >= 4 is 23.1 Å². The van der Waals surface area contributed by atoms with Gasteiger partial charge in [-0.05, 0) is 49.6 Å². The van der Waals surface area contributed by atoms with Crippen molar-refractivity contribution in [1.29, 1.82) is 0 Å². The van der Waals surface area contributed by atoms with Crippen molar-refractivity contribution in [2.24, 2.45) is 21.8 Å². The number of rotatable bonds is 12. The number of nitrogens with zero attached hydrogens (tertiary/aromatic N) is 4. The highest BCUT2D eigenvalue weighted by Gasteiger charge is 2.49. The van der Waals surface area contributed by atoms with Gasteiger partial charge in [-0.1, -0.05) is 36.7 Å². The fourth-order valence-corrected chi connectivity index (χ4v) is 7.48. The van der Waals surface area contributed by atoms with Crippen LogP contribution >= 0.6 is 0 Å². The van der Waals surface area contributed by atoms with E-state index in [2.05, 4.69) is 15.0 Å². The highest BCUT2D eigenvalue weighted by Crippen LogP contribution is 2.52. The van der Waals surface area contributed by atoms with E-state index in [1.54, 1.807) is 19.1 Å². The number of Topliss-reactive ketones (excluding diaryl/α,β-unsaturated/α-hetero) is 1. The van der Waals surface area contributed by atoms with Gasteiger partial charge in [0.1, 0.15) is 17.1 Å². The van der Waals surface area contributed by atoms with E-state index in [1.807, 2.05) is 6.92 Å². The standard InChI is InChI=1S/C35H43N5O9/c1-17-7-6-9-21-26(17)33(46)29-28(31(21)44)32(45)22-13-35(48,25(16-41)38-15-19(42)8-4-3-5-10-39-40-37)14-24(27(22)34(29)47)49-20-11-18(2)30(43)23(36)12-20/h6-7,9,18,20,23-24,30,41,43,45,47-48H,3-5,8,10-16,36H2,1-2H3. The molecule has 6 unspecified atom stereocenters. The molecule has 0 aromatic heterocycles. The number of hydrogen-bond donors (Lipinski definition) is 6. The number of aliphatic hydroxyl groups is 3. The molecular formula is C35H43N5O9. The minimum atomic E-state index is -1.99. The third-order valence-corrected chi connectivity index (χ3v) is 10.1. The maximum Gasteiger partial charge on any atom is 0.198 e. The summed E-state index contributed by atoms with van der Waals surface area (Å²) in [6, 6.07) is 4.15. The van der Waals surface area contributed by atoms with E-state index in [0.717, 1.165) is 0 Å². The molecule has 2 aromatic rings. The van der Waals surface area contributed by atoms with Crippen LogP contribution < -0.4 is 5.73 Å². The predicted octanol–water partition coefficient (Wildman–Crippen LogP) is 3.28. The fraction of sp³-hybridized carbons (Fsp3) is 0.543. The van der Waals surface area contributed by atoms with Crippen LogP contribution in [0.15, 0.2) is 28.3 Å². The molecule has 0 spiro atoms. The van der Waals surface area contributed by atoms with Crippen molar-refractivity contribution in [1.82, 2.24) is 0 Å². The highest BCUT2D eigenvalue weighted by molar-refractivity contribution is 6.31. The van der Waals surface area contributed by atoms with Gasteiger partial charge in [-0.15, -0.1) is 0 Å². The third-order valence-electron chi connectivity index (χ3n) is 10.1. The average molecular weight is 678 g/mol. The van der Waals surface area contributed by atoms with Gasteiger partial charge in [0.05, 0.1) is 48.3 Å². The minimum Gasteiger partial charge on any atom is -0.507 e. The molecule has 2 aromatic carbocycles. The number of nitrogens with two attached hydrogens (primary N) is 1. The maximum absolute atomic E-state index is 13.9. The Balaban J connectivity index is 1.53. The molecular weight excluding hydrogens is 634 g/mol. The predicted molar refractivity (Wildman–Crippen MR) is 178 cm³/mol. The van der Waals surface area contributed by atoms with Crippen LogP contribution in [0.25, 0.3) is 10.4 Å². The summed E-state index contributed by atoms with van der Waals surface area (Å²) in [6.07, 6.45) is -0.514. The lowest BCUT2D eigenvalue weighted by Crippen LogP contribution is -2.50. The Hall–Kier alpha value is -4.17. The summed E-state index contributed by atoms with van der Waals surface area (Å²) in [6.45, 7) is 2.76. The lowest BCUT2D eigenvalue weighted by atomic mass is 9.71. The fourth-order valence-electron chi connectivity index (χ4n) is 7.48. The Morgan fingerprint density at radius 3 is 2.53 bits per heavy atom. The van der Waals surface area contributed by atoms with E-state index in [1.165, 1.54) is 6.07 Å². The Labute approximate surface area is 283 Å². The molecule has 0 bridgehead atoms. The molecule has 49 heavy (non-hydrogen) atoms. The second-order valence-electron chi connectivity index (χ2n) is 13.5. The number of benzene rings is 2. The van der Waals surface area contributed by atoms with Crippen molar-refractivity contribution in [3.05, 3.63) is 67.6 Å². The molecule has 262 valence electrons. The molecule has 0 amide bonds. The molecule has 14 nitrogen and oxygen atoms in total. The third kappa shape index (κ3) is 6.98. The van der Waals surface area contributed by atoms with Gasteiger partial charge in [0, 0.05) is 59.0 Å². The topological polar surface area (TPSA) is 249 Å². The number of ketones is 3. The summed E-state index contributed by atoms with van der Waals surface area (Å²) in [7, 11) is 0. The van der Waals surface area contributed by atoms with Crippen LogP contribution in [0.4, 0.5) is 0 Å². The van der Waals surface area contributed by atoms with E-state index in [-0.39, 0.29) is 71.0 Å². The van der Waals surface area contributed by atoms with Gasteiger partial charge in [0.2, 0.25) is 0 Å². The van der Waals surface area contributed by atoms with Crippen LogP contribution in [0.3, 0.4) is 0 Å². The zero-order valence-electron chi connectivity index (χ0n) is 27.6. The van der Waals surface area contributed by atoms with Crippen molar-refractivity contribution < 1.29 is 44.7 Å². The number of aromatic hydroxyl groups is 2. The van der Waals surface area contributed by atoms with E-state index in [4.69, 9.17) is 16.0 Å². The van der Waals surface area contributed by atoms with Crippen LogP contribution in [0.2, 0.25) is 0 Å². The van der Waals surface area contributed by atoms with Crippen LogP contribution in [-0.4, -0.2) is 92.1 Å². The molecule has 7 N–H and O–H groups in total. The largest absolute Gasteiger partial charge is 0.507 e. The number of aliphatic hydroxyl groups excluding tert-OH is 2. The molecule has 0 heterocycles. The molecule has 1 saturated carbocycles. The number of aliphatic imine (C=N–C) groups is 1. The van der Waals surface area contributed by atoms with Crippen LogP contribution in [0.1, 0.15) is 107 Å². The Bertz CT molecular complexity index is 1720. The van der Waals surface area contributed by atoms with Gasteiger partial charge in [0.25, 0.3) is 0 Å². The van der Waals surface area contributed by atoms with Crippen LogP contribution in [-0.2, 0) is 16.0 Å².